The van der Waals surface area contributed by atoms with Gasteiger partial charge in [0.2, 0.25) is 11.8 Å². The molecule has 0 aromatic heterocycles. The molecule has 0 radical (unpaired) electrons. The zero-order chi connectivity index (χ0) is 25.2. The van der Waals surface area contributed by atoms with Gasteiger partial charge in [-0.1, -0.05) is 56.5 Å². The van der Waals surface area contributed by atoms with Gasteiger partial charge in [0.15, 0.2) is 0 Å². The van der Waals surface area contributed by atoms with Gasteiger partial charge in [-0.2, -0.15) is 0 Å². The number of amides is 3. The first kappa shape index (κ1) is 28.5. The lowest BCUT2D eigenvalue weighted by molar-refractivity contribution is -0.146. The largest absolute Gasteiger partial charge is 0.444 e. The van der Waals surface area contributed by atoms with Crippen LogP contribution in [-0.4, -0.2) is 47.0 Å². The molecular weight excluding hydrogens is 418 g/mol. The maximum atomic E-state index is 13.5. The Kier molecular flexibility index (Phi) is 10.9. The molecule has 1 aromatic carbocycles. The Morgan fingerprint density at radius 2 is 1.58 bits per heavy atom. The van der Waals surface area contributed by atoms with E-state index < -0.39 is 23.3 Å². The van der Waals surface area contributed by atoms with Crippen LogP contribution in [0, 0.1) is 6.92 Å². The van der Waals surface area contributed by atoms with E-state index in [1.165, 1.54) is 0 Å². The highest BCUT2D eigenvalue weighted by molar-refractivity contribution is 5.91. The average molecular weight is 462 g/mol. The second-order valence-corrected chi connectivity index (χ2v) is 10.1. The molecule has 1 unspecified atom stereocenters. The molecule has 0 aliphatic rings. The minimum atomic E-state index is -0.810. The van der Waals surface area contributed by atoms with Crippen molar-refractivity contribution in [3.8, 4) is 0 Å². The van der Waals surface area contributed by atoms with Crippen LogP contribution >= 0.6 is 0 Å². The lowest BCUT2D eigenvalue weighted by Crippen LogP contribution is -2.56. The fraction of sp³-hybridized carbons (Fsp3) is 0.654. The first-order valence-corrected chi connectivity index (χ1v) is 12.0. The molecule has 2 N–H and O–H groups in total. The number of rotatable bonds is 11. The van der Waals surface area contributed by atoms with Crippen LogP contribution < -0.4 is 10.6 Å². The predicted octanol–water partition coefficient (Wildman–Crippen LogP) is 4.88. The van der Waals surface area contributed by atoms with Crippen molar-refractivity contribution in [1.82, 2.24) is 15.5 Å². The van der Waals surface area contributed by atoms with Crippen molar-refractivity contribution in [3.05, 3.63) is 35.4 Å². The number of hydrogen-bond acceptors (Lipinski definition) is 4. The van der Waals surface area contributed by atoms with E-state index >= 15 is 0 Å². The van der Waals surface area contributed by atoms with Crippen molar-refractivity contribution in [2.45, 2.75) is 98.3 Å². The van der Waals surface area contributed by atoms with Gasteiger partial charge in [0.05, 0.1) is 0 Å². The molecule has 3 amide bonds. The fourth-order valence-electron chi connectivity index (χ4n) is 3.40. The van der Waals surface area contributed by atoms with Crippen molar-refractivity contribution in [2.24, 2.45) is 0 Å². The fourth-order valence-corrected chi connectivity index (χ4v) is 3.40. The van der Waals surface area contributed by atoms with Crippen LogP contribution in [0.4, 0.5) is 4.79 Å². The van der Waals surface area contributed by atoms with Crippen molar-refractivity contribution in [1.29, 1.82) is 0 Å². The molecule has 0 saturated carbocycles. The van der Waals surface area contributed by atoms with Gasteiger partial charge in [0, 0.05) is 12.1 Å². The minimum Gasteiger partial charge on any atom is -0.444 e. The molecule has 1 rings (SSSR count). The van der Waals surface area contributed by atoms with Gasteiger partial charge in [0.25, 0.3) is 0 Å². The van der Waals surface area contributed by atoms with Gasteiger partial charge in [-0.25, -0.2) is 4.79 Å². The second-order valence-electron chi connectivity index (χ2n) is 10.1. The summed E-state index contributed by atoms with van der Waals surface area (Å²) in [6, 6.07) is 6.84. The standard InChI is InChI=1S/C26H43N3O4/c1-9-11-12-17-27-23(31)22(20-15-13-19(3)14-16-20)29(26(7,8)10-2)21(30)18-28-24(32)33-25(4,5)6/h13-16,22H,9-12,17-18H2,1-8H3,(H,27,31)(H,28,32). The number of benzene rings is 1. The molecule has 0 aliphatic carbocycles. The van der Waals surface area contributed by atoms with E-state index in [0.29, 0.717) is 13.0 Å². The van der Waals surface area contributed by atoms with Crippen LogP contribution in [0.5, 0.6) is 0 Å². The Morgan fingerprint density at radius 3 is 2.09 bits per heavy atom. The third-order valence-corrected chi connectivity index (χ3v) is 5.55. The molecule has 0 bridgehead atoms. The molecule has 0 heterocycles. The second kappa shape index (κ2) is 12.6. The summed E-state index contributed by atoms with van der Waals surface area (Å²) in [6.07, 6.45) is 2.94. The molecule has 0 fully saturated rings. The van der Waals surface area contributed by atoms with Crippen molar-refractivity contribution >= 4 is 17.9 Å². The molecule has 0 aliphatic heterocycles. The van der Waals surface area contributed by atoms with Gasteiger partial charge in [-0.05, 0) is 59.9 Å². The third kappa shape index (κ3) is 9.44. The lowest BCUT2D eigenvalue weighted by atomic mass is 9.92. The molecular formula is C26H43N3O4. The summed E-state index contributed by atoms with van der Waals surface area (Å²) in [5.74, 6) is -0.566. The predicted molar refractivity (Wildman–Crippen MR) is 132 cm³/mol. The molecule has 7 nitrogen and oxygen atoms in total. The first-order valence-electron chi connectivity index (χ1n) is 12.0. The summed E-state index contributed by atoms with van der Waals surface area (Å²) in [5.41, 5.74) is 0.516. The van der Waals surface area contributed by atoms with Crippen LogP contribution in [0.1, 0.15) is 91.3 Å². The lowest BCUT2D eigenvalue weighted by Gasteiger charge is -2.43. The van der Waals surface area contributed by atoms with E-state index in [-0.39, 0.29) is 18.4 Å². The summed E-state index contributed by atoms with van der Waals surface area (Å²) in [5, 5.41) is 5.56. The minimum absolute atomic E-state index is 0.220. The van der Waals surface area contributed by atoms with Crippen LogP contribution in [0.25, 0.3) is 0 Å². The number of carbonyl (C=O) groups excluding carboxylic acids is 3. The molecule has 1 aromatic rings. The Bertz CT molecular complexity index is 782. The van der Waals surface area contributed by atoms with E-state index in [9.17, 15) is 14.4 Å². The molecule has 7 heteroatoms. The highest BCUT2D eigenvalue weighted by atomic mass is 16.6. The maximum absolute atomic E-state index is 13.5. The first-order chi connectivity index (χ1) is 15.3. The number of nitrogens with zero attached hydrogens (tertiary/aromatic N) is 1. The van der Waals surface area contributed by atoms with E-state index in [2.05, 4.69) is 17.6 Å². The van der Waals surface area contributed by atoms with E-state index in [1.54, 1.807) is 25.7 Å². The monoisotopic (exact) mass is 461 g/mol. The topological polar surface area (TPSA) is 87.7 Å². The highest BCUT2D eigenvalue weighted by Crippen LogP contribution is 2.31. The Balaban J connectivity index is 3.25. The number of unbranched alkanes of at least 4 members (excludes halogenated alkanes) is 2. The van der Waals surface area contributed by atoms with Gasteiger partial charge in [0.1, 0.15) is 18.2 Å². The van der Waals surface area contributed by atoms with Crippen LogP contribution in [0.2, 0.25) is 0 Å². The summed E-state index contributed by atoms with van der Waals surface area (Å²) >= 11 is 0. The summed E-state index contributed by atoms with van der Waals surface area (Å²) in [7, 11) is 0. The molecule has 1 atom stereocenters. The quantitative estimate of drug-likeness (QED) is 0.460. The van der Waals surface area contributed by atoms with Crippen molar-refractivity contribution in [3.63, 3.8) is 0 Å². The SMILES string of the molecule is CCCCCNC(=O)C(c1ccc(C)cc1)N(C(=O)CNC(=O)OC(C)(C)C)C(C)(C)CC. The summed E-state index contributed by atoms with van der Waals surface area (Å²) in [4.78, 5) is 40.6. The van der Waals surface area contributed by atoms with Crippen LogP contribution in [0.3, 0.4) is 0 Å². The normalized spacial score (nSPS) is 12.6. The summed E-state index contributed by atoms with van der Waals surface area (Å²) in [6.45, 7) is 15.5. The Labute approximate surface area is 199 Å². The maximum Gasteiger partial charge on any atom is 0.408 e. The van der Waals surface area contributed by atoms with Gasteiger partial charge in [-0.15, -0.1) is 0 Å². The average Bonchev–Trinajstić information content (AvgIpc) is 2.72. The van der Waals surface area contributed by atoms with Gasteiger partial charge < -0.3 is 20.3 Å². The van der Waals surface area contributed by atoms with E-state index in [4.69, 9.17) is 4.74 Å². The van der Waals surface area contributed by atoms with Crippen molar-refractivity contribution < 1.29 is 19.1 Å². The summed E-state index contributed by atoms with van der Waals surface area (Å²) < 4.78 is 5.26. The van der Waals surface area contributed by atoms with E-state index in [0.717, 1.165) is 30.4 Å². The number of nitrogens with one attached hydrogen (secondary N) is 2. The van der Waals surface area contributed by atoms with Crippen LogP contribution in [0.15, 0.2) is 24.3 Å². The zero-order valence-electron chi connectivity index (χ0n) is 21.7. The highest BCUT2D eigenvalue weighted by Gasteiger charge is 2.40. The number of aryl methyl sites for hydroxylation is 1. The number of carbonyl (C=O) groups is 3. The van der Waals surface area contributed by atoms with Gasteiger partial charge in [-0.3, -0.25) is 9.59 Å². The third-order valence-electron chi connectivity index (χ3n) is 5.55. The van der Waals surface area contributed by atoms with E-state index in [1.807, 2.05) is 52.0 Å². The number of alkyl carbamates (subject to hydrolysis) is 1. The molecule has 33 heavy (non-hydrogen) atoms. The Morgan fingerprint density at radius 1 is 0.970 bits per heavy atom. The van der Waals surface area contributed by atoms with Crippen LogP contribution in [-0.2, 0) is 14.3 Å². The Hall–Kier alpha value is -2.57. The van der Waals surface area contributed by atoms with Gasteiger partial charge >= 0.3 is 6.09 Å². The molecule has 0 spiro atoms. The molecule has 0 saturated heterocycles. The zero-order valence-corrected chi connectivity index (χ0v) is 21.7. The molecule has 186 valence electrons. The number of ether oxygens (including phenoxy) is 1. The van der Waals surface area contributed by atoms with Crippen molar-refractivity contribution in [2.75, 3.05) is 13.1 Å². The number of hydrogen-bond donors (Lipinski definition) is 2. The smallest absolute Gasteiger partial charge is 0.408 e.